The molecule has 0 unspecified atom stereocenters. The highest BCUT2D eigenvalue weighted by molar-refractivity contribution is 6.31. The average molecular weight is 244 g/mol. The number of hydrogen-bond donors (Lipinski definition) is 1. The Morgan fingerprint density at radius 3 is 2.56 bits per heavy atom. The first-order chi connectivity index (χ1) is 8.65. The Bertz CT molecular complexity index is 545. The van der Waals surface area contributed by atoms with Gasteiger partial charge in [-0.15, -0.1) is 0 Å². The number of allylic oxidation sites excluding steroid dienone is 1. The molecular weight excluding hydrogens is 236 g/mol. The first-order valence-electron chi connectivity index (χ1n) is 5.39. The molecule has 1 fully saturated rings. The van der Waals surface area contributed by atoms with Crippen LogP contribution < -0.4 is 5.32 Å². The molecule has 18 heavy (non-hydrogen) atoms. The lowest BCUT2D eigenvalue weighted by molar-refractivity contribution is -0.110. The van der Waals surface area contributed by atoms with E-state index in [1.807, 2.05) is 25.7 Å². The molecule has 4 heteroatoms. The van der Waals surface area contributed by atoms with E-state index in [1.165, 1.54) is 0 Å². The van der Waals surface area contributed by atoms with Crippen molar-refractivity contribution >= 4 is 17.2 Å². The van der Waals surface area contributed by atoms with Crippen LogP contribution >= 0.6 is 0 Å². The zero-order valence-corrected chi connectivity index (χ0v) is 9.21. The first kappa shape index (κ1) is 11.4. The van der Waals surface area contributed by atoms with Gasteiger partial charge in [-0.3, -0.25) is 4.79 Å². The summed E-state index contributed by atoms with van der Waals surface area (Å²) in [6, 6.07) is 1.91. The molecule has 89 valence electrons. The van der Waals surface area contributed by atoms with Crippen LogP contribution in [0.5, 0.6) is 0 Å². The molecule has 0 saturated heterocycles. The SMILES string of the molecule is O=C1Nc2c(F)cc(F)cc2/C1=C/[C]1[CH][CH][CH][CH]1. The minimum absolute atomic E-state index is 0.0409. The van der Waals surface area contributed by atoms with Crippen LogP contribution in [0.15, 0.2) is 18.2 Å². The van der Waals surface area contributed by atoms with Gasteiger partial charge in [0.2, 0.25) is 0 Å². The van der Waals surface area contributed by atoms with Gasteiger partial charge in [-0.1, -0.05) is 6.08 Å². The Morgan fingerprint density at radius 2 is 1.83 bits per heavy atom. The molecule has 2 aliphatic rings. The fourth-order valence-electron chi connectivity index (χ4n) is 2.01. The monoisotopic (exact) mass is 244 g/mol. The number of fused-ring (bicyclic) bond motifs is 1. The van der Waals surface area contributed by atoms with E-state index in [9.17, 15) is 13.6 Å². The van der Waals surface area contributed by atoms with E-state index in [2.05, 4.69) is 5.32 Å². The zero-order chi connectivity index (χ0) is 12.7. The van der Waals surface area contributed by atoms with E-state index in [0.717, 1.165) is 18.1 Å². The second-order valence-corrected chi connectivity index (χ2v) is 4.04. The van der Waals surface area contributed by atoms with Crippen LogP contribution in [0.3, 0.4) is 0 Å². The standard InChI is InChI=1S/C14H8F2NO/c15-9-6-10-11(5-8-3-1-2-4-8)14(18)17-13(10)12(16)7-9/h1-7H,(H,17,18)/b11-5-. The van der Waals surface area contributed by atoms with Crippen molar-refractivity contribution in [2.75, 3.05) is 5.32 Å². The number of anilines is 1. The second kappa shape index (κ2) is 4.19. The van der Waals surface area contributed by atoms with E-state index in [0.29, 0.717) is 0 Å². The number of benzene rings is 1. The van der Waals surface area contributed by atoms with Gasteiger partial charge in [-0.2, -0.15) is 0 Å². The maximum Gasteiger partial charge on any atom is 0.256 e. The molecule has 1 N–H and O–H groups in total. The fraction of sp³-hybridized carbons (Fsp3) is 0. The van der Waals surface area contributed by atoms with Gasteiger partial charge in [-0.05, 0) is 31.7 Å². The lowest BCUT2D eigenvalue weighted by Crippen LogP contribution is -2.05. The summed E-state index contributed by atoms with van der Waals surface area (Å²) in [5.41, 5.74) is 0.576. The Morgan fingerprint density at radius 1 is 1.11 bits per heavy atom. The second-order valence-electron chi connectivity index (χ2n) is 4.04. The summed E-state index contributed by atoms with van der Waals surface area (Å²) < 4.78 is 26.7. The molecule has 0 spiro atoms. The number of halogens is 2. The van der Waals surface area contributed by atoms with Crippen molar-refractivity contribution < 1.29 is 13.6 Å². The summed E-state index contributed by atoms with van der Waals surface area (Å²) >= 11 is 0. The molecule has 1 saturated carbocycles. The topological polar surface area (TPSA) is 29.1 Å². The van der Waals surface area contributed by atoms with Crippen LogP contribution in [0, 0.1) is 43.2 Å². The van der Waals surface area contributed by atoms with Crippen LogP contribution in [0.2, 0.25) is 0 Å². The lowest BCUT2D eigenvalue weighted by atomic mass is 9.99. The molecule has 0 aromatic heterocycles. The van der Waals surface area contributed by atoms with E-state index >= 15 is 0 Å². The van der Waals surface area contributed by atoms with Crippen molar-refractivity contribution in [2.24, 2.45) is 0 Å². The van der Waals surface area contributed by atoms with E-state index in [4.69, 9.17) is 0 Å². The van der Waals surface area contributed by atoms with Gasteiger partial charge in [0.1, 0.15) is 11.6 Å². The normalized spacial score (nSPS) is 21.4. The van der Waals surface area contributed by atoms with Gasteiger partial charge in [0.15, 0.2) is 0 Å². The summed E-state index contributed by atoms with van der Waals surface area (Å²) in [5, 5.41) is 2.41. The smallest absolute Gasteiger partial charge is 0.256 e. The summed E-state index contributed by atoms with van der Waals surface area (Å²) in [7, 11) is 0. The third kappa shape index (κ3) is 1.82. The zero-order valence-electron chi connectivity index (χ0n) is 9.21. The number of carbonyl (C=O) groups is 1. The van der Waals surface area contributed by atoms with Crippen LogP contribution in [0.1, 0.15) is 5.56 Å². The van der Waals surface area contributed by atoms with Gasteiger partial charge >= 0.3 is 0 Å². The van der Waals surface area contributed by atoms with Crippen molar-refractivity contribution in [1.29, 1.82) is 0 Å². The Hall–Kier alpha value is -1.71. The molecule has 1 aliphatic carbocycles. The molecule has 2 nitrogen and oxygen atoms in total. The van der Waals surface area contributed by atoms with Crippen molar-refractivity contribution in [2.45, 2.75) is 0 Å². The van der Waals surface area contributed by atoms with Gasteiger partial charge in [0.05, 0.1) is 5.69 Å². The van der Waals surface area contributed by atoms with E-state index in [1.54, 1.807) is 6.08 Å². The summed E-state index contributed by atoms with van der Waals surface area (Å²) in [4.78, 5) is 11.8. The molecular formula is C14H8F2NO. The number of hydrogen-bond acceptors (Lipinski definition) is 1. The average Bonchev–Trinajstić information content (AvgIpc) is 2.91. The highest BCUT2D eigenvalue weighted by Gasteiger charge is 2.29. The number of rotatable bonds is 1. The first-order valence-corrected chi connectivity index (χ1v) is 5.39. The molecule has 1 aliphatic heterocycles. The highest BCUT2D eigenvalue weighted by atomic mass is 19.1. The summed E-state index contributed by atoms with van der Waals surface area (Å²) in [6.45, 7) is 0. The minimum Gasteiger partial charge on any atom is -0.319 e. The van der Waals surface area contributed by atoms with Gasteiger partial charge in [-0.25, -0.2) is 8.78 Å². The largest absolute Gasteiger partial charge is 0.319 e. The van der Waals surface area contributed by atoms with E-state index in [-0.39, 0.29) is 16.8 Å². The Balaban J connectivity index is 2.05. The Labute approximate surface area is 104 Å². The number of amides is 1. The summed E-state index contributed by atoms with van der Waals surface area (Å²) in [6.07, 6.45) is 8.89. The fourth-order valence-corrected chi connectivity index (χ4v) is 2.01. The third-order valence-electron chi connectivity index (χ3n) is 2.83. The molecule has 1 amide bonds. The highest BCUT2D eigenvalue weighted by Crippen LogP contribution is 2.37. The molecule has 5 radical (unpaired) electrons. The van der Waals surface area contributed by atoms with Crippen molar-refractivity contribution in [1.82, 2.24) is 0 Å². The van der Waals surface area contributed by atoms with Crippen LogP contribution in [-0.2, 0) is 4.79 Å². The third-order valence-corrected chi connectivity index (χ3v) is 2.83. The molecule has 3 rings (SSSR count). The van der Waals surface area contributed by atoms with Gasteiger partial charge < -0.3 is 5.32 Å². The van der Waals surface area contributed by atoms with Crippen LogP contribution in [0.25, 0.3) is 5.57 Å². The maximum atomic E-state index is 13.5. The maximum absolute atomic E-state index is 13.5. The van der Waals surface area contributed by atoms with Crippen LogP contribution in [0.4, 0.5) is 14.5 Å². The predicted molar refractivity (Wildman–Crippen MR) is 63.4 cm³/mol. The number of nitrogens with one attached hydrogen (secondary N) is 1. The Kier molecular flexibility index (Phi) is 2.65. The molecule has 1 aromatic carbocycles. The quantitative estimate of drug-likeness (QED) is 0.756. The summed E-state index contributed by atoms with van der Waals surface area (Å²) in [5.74, 6) is -1.06. The lowest BCUT2D eigenvalue weighted by Gasteiger charge is -2.03. The van der Waals surface area contributed by atoms with E-state index < -0.39 is 17.5 Å². The molecule has 0 atom stereocenters. The van der Waals surface area contributed by atoms with Crippen molar-refractivity contribution in [3.8, 4) is 0 Å². The van der Waals surface area contributed by atoms with Gasteiger partial charge in [0, 0.05) is 23.1 Å². The molecule has 0 bridgehead atoms. The minimum atomic E-state index is -0.760. The predicted octanol–water partition coefficient (Wildman–Crippen LogP) is 2.71. The van der Waals surface area contributed by atoms with Gasteiger partial charge in [0.25, 0.3) is 5.91 Å². The number of carbonyl (C=O) groups excluding carboxylic acids is 1. The van der Waals surface area contributed by atoms with Crippen LogP contribution in [-0.4, -0.2) is 5.91 Å². The van der Waals surface area contributed by atoms with Crippen molar-refractivity contribution in [3.05, 3.63) is 67.0 Å². The molecule has 1 aromatic rings. The van der Waals surface area contributed by atoms with Crippen molar-refractivity contribution in [3.63, 3.8) is 0 Å². The molecule has 1 heterocycles.